The second kappa shape index (κ2) is 9.16. The maximum Gasteiger partial charge on any atom is 0.188 e. The van der Waals surface area contributed by atoms with Crippen LogP contribution in [0.3, 0.4) is 0 Å². The first-order chi connectivity index (χ1) is 14.2. The third-order valence-electron chi connectivity index (χ3n) is 5.44. The molecular formula is C22H23BrO5S2. The molecule has 2 aromatic carbocycles. The van der Waals surface area contributed by atoms with Gasteiger partial charge >= 0.3 is 0 Å². The Labute approximate surface area is 186 Å². The van der Waals surface area contributed by atoms with Crippen LogP contribution in [-0.4, -0.2) is 38.4 Å². The Morgan fingerprint density at radius 2 is 1.50 bits per heavy atom. The topological polar surface area (TPSA) is 85.3 Å². The van der Waals surface area contributed by atoms with Gasteiger partial charge in [0.2, 0.25) is 0 Å². The SMILES string of the molecule is C=C(CBr)[C@H]([C@@H]1CCCC(=O)[C@H]1S(=O)(=O)c1ccccc1)S(=O)(=O)c1ccccc1. The Morgan fingerprint density at radius 1 is 0.967 bits per heavy atom. The highest BCUT2D eigenvalue weighted by molar-refractivity contribution is 9.09. The minimum absolute atomic E-state index is 0.0237. The van der Waals surface area contributed by atoms with E-state index < -0.39 is 41.9 Å². The lowest BCUT2D eigenvalue weighted by Crippen LogP contribution is -2.48. The van der Waals surface area contributed by atoms with E-state index in [1.54, 1.807) is 36.4 Å². The van der Waals surface area contributed by atoms with Crippen LogP contribution in [0.4, 0.5) is 0 Å². The van der Waals surface area contributed by atoms with E-state index in [9.17, 15) is 21.6 Å². The Kier molecular flexibility index (Phi) is 6.99. The van der Waals surface area contributed by atoms with E-state index in [1.165, 1.54) is 24.3 Å². The zero-order chi connectivity index (χ0) is 21.9. The fourth-order valence-electron chi connectivity index (χ4n) is 4.10. The maximum absolute atomic E-state index is 13.6. The van der Waals surface area contributed by atoms with E-state index in [-0.39, 0.29) is 21.5 Å². The largest absolute Gasteiger partial charge is 0.298 e. The number of hydrogen-bond donors (Lipinski definition) is 0. The lowest BCUT2D eigenvalue weighted by Gasteiger charge is -2.36. The lowest BCUT2D eigenvalue weighted by molar-refractivity contribution is -0.120. The summed E-state index contributed by atoms with van der Waals surface area (Å²) in [7, 11) is -8.02. The molecule has 2 aromatic rings. The quantitative estimate of drug-likeness (QED) is 0.415. The van der Waals surface area contributed by atoms with Crippen molar-refractivity contribution in [1.82, 2.24) is 0 Å². The molecule has 0 unspecified atom stereocenters. The van der Waals surface area contributed by atoms with Gasteiger partial charge in [-0.05, 0) is 42.7 Å². The number of Topliss-reactive ketones (excluding diaryl/α,β-unsaturated/α-hetero) is 1. The molecule has 1 aliphatic carbocycles. The summed E-state index contributed by atoms with van der Waals surface area (Å²) in [5.41, 5.74) is 0.340. The van der Waals surface area contributed by atoms with Crippen LogP contribution in [0.15, 0.2) is 82.6 Å². The molecule has 1 fully saturated rings. The van der Waals surface area contributed by atoms with E-state index in [1.807, 2.05) is 0 Å². The van der Waals surface area contributed by atoms with Crippen molar-refractivity contribution < 1.29 is 21.6 Å². The molecule has 0 saturated heterocycles. The number of halogens is 1. The first-order valence-corrected chi connectivity index (χ1v) is 13.8. The second-order valence-corrected chi connectivity index (χ2v) is 12.1. The Morgan fingerprint density at radius 3 is 2.03 bits per heavy atom. The van der Waals surface area contributed by atoms with E-state index in [2.05, 4.69) is 22.5 Å². The summed E-state index contributed by atoms with van der Waals surface area (Å²) in [6.45, 7) is 3.92. The highest BCUT2D eigenvalue weighted by atomic mass is 79.9. The van der Waals surface area contributed by atoms with Gasteiger partial charge in [0, 0.05) is 17.7 Å². The van der Waals surface area contributed by atoms with Gasteiger partial charge in [-0.25, -0.2) is 16.8 Å². The molecule has 3 atom stereocenters. The summed E-state index contributed by atoms with van der Waals surface area (Å²) in [4.78, 5) is 13.0. The third kappa shape index (κ3) is 4.31. The number of rotatable bonds is 7. The number of carbonyl (C=O) groups is 1. The van der Waals surface area contributed by atoms with Gasteiger partial charge in [-0.2, -0.15) is 0 Å². The van der Waals surface area contributed by atoms with Crippen molar-refractivity contribution in [3.8, 4) is 0 Å². The average molecular weight is 511 g/mol. The van der Waals surface area contributed by atoms with Crippen molar-refractivity contribution in [2.24, 2.45) is 5.92 Å². The van der Waals surface area contributed by atoms with Gasteiger partial charge in [0.25, 0.3) is 0 Å². The van der Waals surface area contributed by atoms with Crippen molar-refractivity contribution in [3.63, 3.8) is 0 Å². The van der Waals surface area contributed by atoms with E-state index in [0.717, 1.165) is 0 Å². The molecule has 0 aliphatic heterocycles. The zero-order valence-corrected chi connectivity index (χ0v) is 19.5. The summed E-state index contributed by atoms with van der Waals surface area (Å²) in [6.07, 6.45) is 0.873. The predicted molar refractivity (Wildman–Crippen MR) is 120 cm³/mol. The van der Waals surface area contributed by atoms with Crippen LogP contribution < -0.4 is 0 Å². The molecule has 0 heterocycles. The molecule has 5 nitrogen and oxygen atoms in total. The van der Waals surface area contributed by atoms with Crippen molar-refractivity contribution in [2.75, 3.05) is 5.33 Å². The third-order valence-corrected chi connectivity index (χ3v) is 10.7. The number of carbonyl (C=O) groups excluding carboxylic acids is 1. The Balaban J connectivity index is 2.16. The highest BCUT2D eigenvalue weighted by Crippen LogP contribution is 2.39. The van der Waals surface area contributed by atoms with Crippen LogP contribution in [0.25, 0.3) is 0 Å². The minimum Gasteiger partial charge on any atom is -0.298 e. The maximum atomic E-state index is 13.6. The van der Waals surface area contributed by atoms with Crippen LogP contribution in [0, 0.1) is 5.92 Å². The predicted octanol–water partition coefficient (Wildman–Crippen LogP) is 3.99. The molecule has 1 aliphatic rings. The normalized spacial score (nSPS) is 21.2. The van der Waals surface area contributed by atoms with Gasteiger partial charge in [0.1, 0.15) is 5.25 Å². The molecule has 8 heteroatoms. The molecule has 160 valence electrons. The van der Waals surface area contributed by atoms with Gasteiger partial charge in [-0.1, -0.05) is 58.9 Å². The van der Waals surface area contributed by atoms with Crippen molar-refractivity contribution in [1.29, 1.82) is 0 Å². The number of benzene rings is 2. The summed E-state index contributed by atoms with van der Waals surface area (Å²) in [5, 5.41) is -2.42. The standard InChI is InChI=1S/C22H23BrO5S2/c1-16(15-23)21(29(25,26)17-9-4-2-5-10-17)19-13-8-14-20(24)22(19)30(27,28)18-11-6-3-7-12-18/h2-7,9-12,19,21-22H,1,8,13-15H2/t19-,21+,22-/m0/s1. The van der Waals surface area contributed by atoms with E-state index in [4.69, 9.17) is 0 Å². The molecule has 1 saturated carbocycles. The van der Waals surface area contributed by atoms with Gasteiger partial charge in [0.05, 0.1) is 15.0 Å². The van der Waals surface area contributed by atoms with Crippen LogP contribution in [-0.2, 0) is 24.5 Å². The molecule has 0 spiro atoms. The number of ketones is 1. The first-order valence-electron chi connectivity index (χ1n) is 9.55. The van der Waals surface area contributed by atoms with Gasteiger partial charge in [-0.3, -0.25) is 4.79 Å². The van der Waals surface area contributed by atoms with Gasteiger partial charge in [-0.15, -0.1) is 0 Å². The molecule has 0 aromatic heterocycles. The average Bonchev–Trinajstić information content (AvgIpc) is 2.74. The van der Waals surface area contributed by atoms with Crippen LogP contribution in [0.1, 0.15) is 19.3 Å². The summed E-state index contributed by atoms with van der Waals surface area (Å²) in [5.74, 6) is -1.35. The first kappa shape index (κ1) is 22.9. The summed E-state index contributed by atoms with van der Waals surface area (Å²) >= 11 is 3.28. The highest BCUT2D eigenvalue weighted by Gasteiger charge is 2.50. The second-order valence-electron chi connectivity index (χ2n) is 7.37. The van der Waals surface area contributed by atoms with E-state index in [0.29, 0.717) is 18.4 Å². The lowest BCUT2D eigenvalue weighted by atomic mass is 9.83. The van der Waals surface area contributed by atoms with Crippen molar-refractivity contribution in [2.45, 2.75) is 39.6 Å². The number of sulfone groups is 2. The monoisotopic (exact) mass is 510 g/mol. The fourth-order valence-corrected chi connectivity index (χ4v) is 8.91. The molecule has 0 amide bonds. The summed E-state index contributed by atoms with van der Waals surface area (Å²) in [6, 6.07) is 15.6. The van der Waals surface area contributed by atoms with Crippen molar-refractivity contribution >= 4 is 41.4 Å². The van der Waals surface area contributed by atoms with Gasteiger partial charge < -0.3 is 0 Å². The molecule has 0 bridgehead atoms. The number of hydrogen-bond acceptors (Lipinski definition) is 5. The Bertz CT molecular complexity index is 1130. The molecule has 30 heavy (non-hydrogen) atoms. The van der Waals surface area contributed by atoms with Crippen LogP contribution in [0.2, 0.25) is 0 Å². The molecule has 0 radical (unpaired) electrons. The van der Waals surface area contributed by atoms with Gasteiger partial charge in [0.15, 0.2) is 25.5 Å². The molecule has 3 rings (SSSR count). The van der Waals surface area contributed by atoms with Crippen LogP contribution in [0.5, 0.6) is 0 Å². The fraction of sp³-hybridized carbons (Fsp3) is 0.318. The molecular weight excluding hydrogens is 488 g/mol. The minimum atomic E-state index is -4.06. The smallest absolute Gasteiger partial charge is 0.188 e. The summed E-state index contributed by atoms with van der Waals surface area (Å²) < 4.78 is 54.0. The number of alkyl halides is 1. The zero-order valence-electron chi connectivity index (χ0n) is 16.3. The van der Waals surface area contributed by atoms with Crippen LogP contribution >= 0.6 is 15.9 Å². The Hall–Kier alpha value is -1.77. The van der Waals surface area contributed by atoms with E-state index >= 15 is 0 Å². The van der Waals surface area contributed by atoms with Crippen molar-refractivity contribution in [3.05, 3.63) is 72.8 Å². The molecule has 0 N–H and O–H groups in total.